The van der Waals surface area contributed by atoms with Crippen LogP contribution in [0.3, 0.4) is 0 Å². The maximum atomic E-state index is 13.3. The highest BCUT2D eigenvalue weighted by Gasteiger charge is 2.33. The van der Waals surface area contributed by atoms with Crippen LogP contribution in [-0.4, -0.2) is 78.3 Å². The van der Waals surface area contributed by atoms with E-state index in [0.717, 1.165) is 5.39 Å². The molecule has 11 nitrogen and oxygen atoms in total. The first-order chi connectivity index (χ1) is 19.0. The minimum atomic E-state index is -1.04. The van der Waals surface area contributed by atoms with Crippen molar-refractivity contribution in [2.45, 2.75) is 77.6 Å². The van der Waals surface area contributed by atoms with E-state index in [4.69, 9.17) is 9.15 Å². The fourth-order valence-corrected chi connectivity index (χ4v) is 4.87. The van der Waals surface area contributed by atoms with Crippen LogP contribution in [-0.2, 0) is 14.3 Å². The Labute approximate surface area is 235 Å². The zero-order chi connectivity index (χ0) is 29.4. The minimum absolute atomic E-state index is 0.0213. The van der Waals surface area contributed by atoms with Gasteiger partial charge in [-0.2, -0.15) is 0 Å². The molecule has 1 saturated heterocycles. The Balaban J connectivity index is 1.63. The van der Waals surface area contributed by atoms with Crippen molar-refractivity contribution in [3.63, 3.8) is 0 Å². The van der Waals surface area contributed by atoms with Crippen LogP contribution in [0.1, 0.15) is 63.9 Å². The van der Waals surface area contributed by atoms with E-state index in [1.807, 2.05) is 45.9 Å². The van der Waals surface area contributed by atoms with Crippen molar-refractivity contribution in [3.05, 3.63) is 36.1 Å². The molecule has 4 N–H and O–H groups in total. The zero-order valence-corrected chi connectivity index (χ0v) is 23.9. The summed E-state index contributed by atoms with van der Waals surface area (Å²) in [5, 5.41) is 20.1. The Morgan fingerprint density at radius 1 is 1.05 bits per heavy atom. The highest BCUT2D eigenvalue weighted by atomic mass is 16.5. The van der Waals surface area contributed by atoms with Gasteiger partial charge in [0.25, 0.3) is 5.91 Å². The van der Waals surface area contributed by atoms with Crippen LogP contribution in [0.2, 0.25) is 0 Å². The number of aliphatic hydroxyl groups is 1. The highest BCUT2D eigenvalue weighted by Crippen LogP contribution is 2.20. The van der Waals surface area contributed by atoms with Gasteiger partial charge in [-0.15, -0.1) is 0 Å². The van der Waals surface area contributed by atoms with Crippen LogP contribution in [0.4, 0.5) is 4.79 Å². The molecule has 1 aromatic carbocycles. The number of carbonyl (C=O) groups excluding carboxylic acids is 4. The number of β-amino-alcohol motifs (C(OH)–C–C–N with tert-alkyl or cyclic N) is 1. The number of hydrogen-bond donors (Lipinski definition) is 4. The Kier molecular flexibility index (Phi) is 10.9. The van der Waals surface area contributed by atoms with Gasteiger partial charge in [0.1, 0.15) is 17.7 Å². The van der Waals surface area contributed by atoms with E-state index in [-0.39, 0.29) is 24.1 Å². The SMILES string of the molecule is COC(=O)C(CC(C)C)NC(=O)N1CCCC(NC(=O)C(CC(C)C)NC(=O)c2cc3ccccc3o2)C(O)C1. The van der Waals surface area contributed by atoms with Gasteiger partial charge in [0.15, 0.2) is 5.76 Å². The summed E-state index contributed by atoms with van der Waals surface area (Å²) < 4.78 is 10.5. The molecule has 1 aromatic heterocycles. The van der Waals surface area contributed by atoms with E-state index in [1.54, 1.807) is 12.1 Å². The average Bonchev–Trinajstić information content (AvgIpc) is 3.26. The van der Waals surface area contributed by atoms with Crippen molar-refractivity contribution in [1.29, 1.82) is 0 Å². The van der Waals surface area contributed by atoms with Gasteiger partial charge in [0.05, 0.1) is 25.8 Å². The summed E-state index contributed by atoms with van der Waals surface area (Å²) in [6, 6.07) is 6.18. The first-order valence-electron chi connectivity index (χ1n) is 13.9. The molecule has 2 heterocycles. The Hall–Kier alpha value is -3.60. The van der Waals surface area contributed by atoms with E-state index < -0.39 is 48.0 Å². The quantitative estimate of drug-likeness (QED) is 0.328. The van der Waals surface area contributed by atoms with Gasteiger partial charge in [-0.05, 0) is 49.7 Å². The Bertz CT molecular complexity index is 1150. The number of carbonyl (C=O) groups is 4. The van der Waals surface area contributed by atoms with Gasteiger partial charge in [-0.3, -0.25) is 9.59 Å². The fraction of sp³-hybridized carbons (Fsp3) is 0.586. The number of hydrogen-bond acceptors (Lipinski definition) is 7. The number of nitrogens with one attached hydrogen (secondary N) is 3. The number of rotatable bonds is 10. The second-order valence-corrected chi connectivity index (χ2v) is 11.2. The maximum Gasteiger partial charge on any atom is 0.328 e. The van der Waals surface area contributed by atoms with Crippen molar-refractivity contribution < 1.29 is 33.4 Å². The molecule has 3 rings (SSSR count). The van der Waals surface area contributed by atoms with Gasteiger partial charge in [0.2, 0.25) is 5.91 Å². The molecule has 4 amide bonds. The smallest absolute Gasteiger partial charge is 0.328 e. The lowest BCUT2D eigenvalue weighted by molar-refractivity contribution is -0.143. The van der Waals surface area contributed by atoms with E-state index in [2.05, 4.69) is 16.0 Å². The highest BCUT2D eigenvalue weighted by molar-refractivity contribution is 5.98. The number of methoxy groups -OCH3 is 1. The number of fused-ring (bicyclic) bond motifs is 1. The number of furan rings is 1. The maximum absolute atomic E-state index is 13.3. The number of urea groups is 1. The number of aliphatic hydroxyl groups excluding tert-OH is 1. The van der Waals surface area contributed by atoms with Crippen molar-refractivity contribution in [2.75, 3.05) is 20.2 Å². The molecule has 1 aliphatic heterocycles. The second kappa shape index (κ2) is 14.2. The molecule has 40 heavy (non-hydrogen) atoms. The predicted molar refractivity (Wildman–Crippen MR) is 149 cm³/mol. The van der Waals surface area contributed by atoms with Gasteiger partial charge < -0.3 is 35.1 Å². The van der Waals surface area contributed by atoms with Crippen LogP contribution in [0.25, 0.3) is 11.0 Å². The topological polar surface area (TPSA) is 150 Å². The van der Waals surface area contributed by atoms with E-state index in [9.17, 15) is 24.3 Å². The van der Waals surface area contributed by atoms with Gasteiger partial charge in [-0.25, -0.2) is 9.59 Å². The number of benzene rings is 1. The van der Waals surface area contributed by atoms with E-state index in [1.165, 1.54) is 12.0 Å². The number of likely N-dealkylation sites (tertiary alicyclic amines) is 1. The van der Waals surface area contributed by atoms with Crippen LogP contribution in [0.15, 0.2) is 34.7 Å². The molecule has 220 valence electrons. The van der Waals surface area contributed by atoms with E-state index >= 15 is 0 Å². The zero-order valence-electron chi connectivity index (χ0n) is 23.9. The summed E-state index contributed by atoms with van der Waals surface area (Å²) in [7, 11) is 1.27. The number of para-hydroxylation sites is 1. The van der Waals surface area contributed by atoms with Crippen molar-refractivity contribution in [2.24, 2.45) is 11.8 Å². The molecule has 4 atom stereocenters. The van der Waals surface area contributed by atoms with Gasteiger partial charge in [-0.1, -0.05) is 45.9 Å². The molecule has 0 radical (unpaired) electrons. The lowest BCUT2D eigenvalue weighted by atomic mass is 10.0. The summed E-state index contributed by atoms with van der Waals surface area (Å²) in [5.74, 6) is -1.06. The number of nitrogens with zero attached hydrogens (tertiary/aromatic N) is 1. The first-order valence-corrected chi connectivity index (χ1v) is 13.9. The molecule has 1 fully saturated rings. The lowest BCUT2D eigenvalue weighted by Crippen LogP contribution is -2.55. The molecule has 4 unspecified atom stereocenters. The summed E-state index contributed by atoms with van der Waals surface area (Å²) in [4.78, 5) is 52.8. The third-order valence-electron chi connectivity index (χ3n) is 6.90. The summed E-state index contributed by atoms with van der Waals surface area (Å²) in [5.41, 5.74) is 0.579. The third kappa shape index (κ3) is 8.45. The molecule has 1 aliphatic rings. The second-order valence-electron chi connectivity index (χ2n) is 11.2. The Morgan fingerprint density at radius 2 is 1.73 bits per heavy atom. The molecule has 11 heteroatoms. The van der Waals surface area contributed by atoms with Gasteiger partial charge >= 0.3 is 12.0 Å². The number of esters is 1. The summed E-state index contributed by atoms with van der Waals surface area (Å²) >= 11 is 0. The monoisotopic (exact) mass is 558 g/mol. The molecular weight excluding hydrogens is 516 g/mol. The average molecular weight is 559 g/mol. The lowest BCUT2D eigenvalue weighted by Gasteiger charge is -2.28. The van der Waals surface area contributed by atoms with Crippen LogP contribution >= 0.6 is 0 Å². The summed E-state index contributed by atoms with van der Waals surface area (Å²) in [6.07, 6.45) is 0.743. The standard InChI is InChI=1S/C29H42N4O7/c1-17(2)13-21(31-27(36)25-15-19-9-6-7-11-24(19)40-25)26(35)30-20-10-8-12-33(16-23(20)34)29(38)32-22(14-18(3)4)28(37)39-5/h6-7,9,11,15,17-18,20-23,34H,8,10,12-14,16H2,1-5H3,(H,30,35)(H,31,36)(H,32,38). The Morgan fingerprint density at radius 3 is 2.38 bits per heavy atom. The molecule has 0 spiro atoms. The molecule has 0 bridgehead atoms. The molecular formula is C29H42N4O7. The molecule has 0 saturated carbocycles. The van der Waals surface area contributed by atoms with Crippen LogP contribution in [0.5, 0.6) is 0 Å². The van der Waals surface area contributed by atoms with Crippen LogP contribution in [0, 0.1) is 11.8 Å². The minimum Gasteiger partial charge on any atom is -0.467 e. The fourth-order valence-electron chi connectivity index (χ4n) is 4.87. The van der Waals surface area contributed by atoms with Crippen molar-refractivity contribution in [1.82, 2.24) is 20.9 Å². The van der Waals surface area contributed by atoms with Crippen molar-refractivity contribution >= 4 is 34.8 Å². The summed E-state index contributed by atoms with van der Waals surface area (Å²) in [6.45, 7) is 8.11. The molecule has 2 aromatic rings. The first kappa shape index (κ1) is 30.9. The number of amides is 4. The predicted octanol–water partition coefficient (Wildman–Crippen LogP) is 2.82. The normalized spacial score (nSPS) is 19.1. The van der Waals surface area contributed by atoms with E-state index in [0.29, 0.717) is 37.8 Å². The van der Waals surface area contributed by atoms with Crippen LogP contribution < -0.4 is 16.0 Å². The molecule has 0 aliphatic carbocycles. The van der Waals surface area contributed by atoms with Gasteiger partial charge in [0, 0.05) is 11.9 Å². The largest absolute Gasteiger partial charge is 0.467 e. The number of ether oxygens (including phenoxy) is 1. The van der Waals surface area contributed by atoms with Crippen molar-refractivity contribution in [3.8, 4) is 0 Å². The third-order valence-corrected chi connectivity index (χ3v) is 6.90.